The number of carbonyl (C=O) groups is 1. The number of rotatable bonds is 4. The minimum Gasteiger partial charge on any atom is -0.325 e. The normalized spacial score (nSPS) is 22.5. The Labute approximate surface area is 126 Å². The Kier molecular flexibility index (Phi) is 5.00. The summed E-state index contributed by atoms with van der Waals surface area (Å²) in [4.78, 5) is 12.2. The van der Waals surface area contributed by atoms with Gasteiger partial charge in [0.15, 0.2) is 9.84 Å². The molecule has 0 saturated carbocycles. The topological polar surface area (TPSA) is 75.3 Å². The molecule has 5 nitrogen and oxygen atoms in total. The van der Waals surface area contributed by atoms with Crippen molar-refractivity contribution in [2.75, 3.05) is 18.1 Å². The molecule has 2 atom stereocenters. The molecule has 1 heterocycles. The maximum Gasteiger partial charge on any atom is 0.242 e. The Bertz CT molecular complexity index is 613. The first-order valence-corrected chi connectivity index (χ1v) is 8.95. The fourth-order valence-electron chi connectivity index (χ4n) is 2.52. The van der Waals surface area contributed by atoms with Gasteiger partial charge in [0.05, 0.1) is 5.75 Å². The Hall–Kier alpha value is -1.40. The molecule has 1 aliphatic heterocycles. The second-order valence-corrected chi connectivity index (χ2v) is 7.78. The van der Waals surface area contributed by atoms with Crippen molar-refractivity contribution in [3.63, 3.8) is 0 Å². The van der Waals surface area contributed by atoms with E-state index in [9.17, 15) is 13.2 Å². The van der Waals surface area contributed by atoms with Crippen LogP contribution in [-0.4, -0.2) is 32.4 Å². The number of carbonyl (C=O) groups excluding carboxylic acids is 1. The van der Waals surface area contributed by atoms with Crippen LogP contribution in [0.1, 0.15) is 37.8 Å². The van der Waals surface area contributed by atoms with E-state index in [-0.39, 0.29) is 11.8 Å². The molecule has 1 fully saturated rings. The molecule has 21 heavy (non-hydrogen) atoms. The first kappa shape index (κ1) is 16.0. The Balaban J connectivity index is 2.12. The number of amides is 1. The SMILES string of the molecule is CNC(C)c1cccc(NC(=O)C2CCCCS2(=O)=O)c1. The lowest BCUT2D eigenvalue weighted by molar-refractivity contribution is -0.116. The fourth-order valence-corrected chi connectivity index (χ4v) is 4.33. The van der Waals surface area contributed by atoms with Crippen LogP contribution in [0.25, 0.3) is 0 Å². The molecule has 0 aromatic heterocycles. The summed E-state index contributed by atoms with van der Waals surface area (Å²) in [6, 6.07) is 7.64. The molecule has 0 radical (unpaired) electrons. The molecule has 2 N–H and O–H groups in total. The monoisotopic (exact) mass is 310 g/mol. The number of anilines is 1. The molecule has 1 aromatic rings. The minimum atomic E-state index is -3.30. The van der Waals surface area contributed by atoms with Crippen molar-refractivity contribution in [3.8, 4) is 0 Å². The largest absolute Gasteiger partial charge is 0.325 e. The summed E-state index contributed by atoms with van der Waals surface area (Å²) in [5, 5.41) is 4.96. The van der Waals surface area contributed by atoms with Crippen LogP contribution >= 0.6 is 0 Å². The van der Waals surface area contributed by atoms with Gasteiger partial charge in [0.25, 0.3) is 0 Å². The van der Waals surface area contributed by atoms with Gasteiger partial charge in [-0.1, -0.05) is 18.6 Å². The first-order chi connectivity index (χ1) is 9.94. The summed E-state index contributed by atoms with van der Waals surface area (Å²) in [6.07, 6.45) is 1.86. The van der Waals surface area contributed by atoms with Crippen molar-refractivity contribution < 1.29 is 13.2 Å². The van der Waals surface area contributed by atoms with Gasteiger partial charge in [-0.3, -0.25) is 4.79 Å². The number of hydrogen-bond acceptors (Lipinski definition) is 4. The standard InChI is InChI=1S/C15H22N2O3S/c1-11(16-2)12-6-5-7-13(10-12)17-15(18)14-8-3-4-9-21(14,19)20/h5-7,10-11,14,16H,3-4,8-9H2,1-2H3,(H,17,18). The van der Waals surface area contributed by atoms with Gasteiger partial charge in [-0.05, 0) is 44.5 Å². The predicted octanol–water partition coefficient (Wildman–Crippen LogP) is 1.87. The number of benzene rings is 1. The van der Waals surface area contributed by atoms with E-state index in [1.807, 2.05) is 32.2 Å². The highest BCUT2D eigenvalue weighted by atomic mass is 32.2. The Morgan fingerprint density at radius 1 is 1.33 bits per heavy atom. The summed E-state index contributed by atoms with van der Waals surface area (Å²) < 4.78 is 23.9. The lowest BCUT2D eigenvalue weighted by Crippen LogP contribution is -2.39. The third kappa shape index (κ3) is 3.83. The fraction of sp³-hybridized carbons (Fsp3) is 0.533. The van der Waals surface area contributed by atoms with Crippen molar-refractivity contribution in [1.29, 1.82) is 0 Å². The van der Waals surface area contributed by atoms with Crippen LogP contribution in [0.5, 0.6) is 0 Å². The molecule has 1 saturated heterocycles. The quantitative estimate of drug-likeness (QED) is 0.890. The summed E-state index contributed by atoms with van der Waals surface area (Å²) in [6.45, 7) is 2.02. The van der Waals surface area contributed by atoms with E-state index in [0.29, 0.717) is 18.5 Å². The maximum atomic E-state index is 12.2. The molecule has 116 valence electrons. The smallest absolute Gasteiger partial charge is 0.242 e. The van der Waals surface area contributed by atoms with Crippen LogP contribution in [0.3, 0.4) is 0 Å². The van der Waals surface area contributed by atoms with Gasteiger partial charge < -0.3 is 10.6 Å². The lowest BCUT2D eigenvalue weighted by atomic mass is 10.1. The first-order valence-electron chi connectivity index (χ1n) is 7.23. The molecule has 2 unspecified atom stereocenters. The molecular weight excluding hydrogens is 288 g/mol. The summed E-state index contributed by atoms with van der Waals surface area (Å²) in [7, 11) is -1.43. The van der Waals surface area contributed by atoms with E-state index in [0.717, 1.165) is 12.0 Å². The van der Waals surface area contributed by atoms with Gasteiger partial charge in [-0.25, -0.2) is 8.42 Å². The number of hydrogen-bond donors (Lipinski definition) is 2. The number of nitrogens with one attached hydrogen (secondary N) is 2. The predicted molar refractivity (Wildman–Crippen MR) is 84.0 cm³/mol. The van der Waals surface area contributed by atoms with E-state index < -0.39 is 21.0 Å². The molecule has 1 aromatic carbocycles. The van der Waals surface area contributed by atoms with Crippen LogP contribution in [0.15, 0.2) is 24.3 Å². The Morgan fingerprint density at radius 2 is 2.10 bits per heavy atom. The third-order valence-corrected chi connectivity index (χ3v) is 6.13. The molecule has 6 heteroatoms. The zero-order valence-electron chi connectivity index (χ0n) is 12.4. The lowest BCUT2D eigenvalue weighted by Gasteiger charge is -2.21. The van der Waals surface area contributed by atoms with Crippen LogP contribution in [-0.2, 0) is 14.6 Å². The van der Waals surface area contributed by atoms with Crippen molar-refractivity contribution >= 4 is 21.4 Å². The molecule has 0 bridgehead atoms. The van der Waals surface area contributed by atoms with Crippen molar-refractivity contribution in [2.24, 2.45) is 0 Å². The summed E-state index contributed by atoms with van der Waals surface area (Å²) in [5.41, 5.74) is 1.68. The molecular formula is C15H22N2O3S. The highest BCUT2D eigenvalue weighted by Gasteiger charge is 2.34. The van der Waals surface area contributed by atoms with E-state index in [1.54, 1.807) is 6.07 Å². The van der Waals surface area contributed by atoms with Crippen LogP contribution in [0, 0.1) is 0 Å². The average molecular weight is 310 g/mol. The van der Waals surface area contributed by atoms with Crippen molar-refractivity contribution in [1.82, 2.24) is 5.32 Å². The van der Waals surface area contributed by atoms with Crippen molar-refractivity contribution in [3.05, 3.63) is 29.8 Å². The van der Waals surface area contributed by atoms with Gasteiger partial charge in [-0.2, -0.15) is 0 Å². The maximum absolute atomic E-state index is 12.2. The van der Waals surface area contributed by atoms with Gasteiger partial charge in [0.2, 0.25) is 5.91 Å². The summed E-state index contributed by atoms with van der Waals surface area (Å²) in [5.74, 6) is -0.300. The molecule has 1 aliphatic rings. The van der Waals surface area contributed by atoms with Gasteiger partial charge >= 0.3 is 0 Å². The van der Waals surface area contributed by atoms with Crippen molar-refractivity contribution in [2.45, 2.75) is 37.5 Å². The van der Waals surface area contributed by atoms with E-state index >= 15 is 0 Å². The van der Waals surface area contributed by atoms with Crippen LogP contribution in [0.4, 0.5) is 5.69 Å². The van der Waals surface area contributed by atoms with E-state index in [4.69, 9.17) is 0 Å². The Morgan fingerprint density at radius 3 is 2.76 bits per heavy atom. The molecule has 0 spiro atoms. The second kappa shape index (κ2) is 6.58. The second-order valence-electron chi connectivity index (χ2n) is 5.48. The van der Waals surface area contributed by atoms with Gasteiger partial charge in [0.1, 0.15) is 5.25 Å². The average Bonchev–Trinajstić information content (AvgIpc) is 2.46. The third-order valence-electron chi connectivity index (χ3n) is 3.96. The minimum absolute atomic E-state index is 0.113. The van der Waals surface area contributed by atoms with E-state index in [2.05, 4.69) is 10.6 Å². The zero-order valence-corrected chi connectivity index (χ0v) is 13.2. The molecule has 2 rings (SSSR count). The highest BCUT2D eigenvalue weighted by molar-refractivity contribution is 7.92. The van der Waals surface area contributed by atoms with E-state index in [1.165, 1.54) is 0 Å². The molecule has 0 aliphatic carbocycles. The van der Waals surface area contributed by atoms with Crippen LogP contribution < -0.4 is 10.6 Å². The molecule has 1 amide bonds. The highest BCUT2D eigenvalue weighted by Crippen LogP contribution is 2.22. The zero-order chi connectivity index (χ0) is 15.5. The van der Waals surface area contributed by atoms with Crippen LogP contribution in [0.2, 0.25) is 0 Å². The van der Waals surface area contributed by atoms with Gasteiger partial charge in [-0.15, -0.1) is 0 Å². The van der Waals surface area contributed by atoms with Gasteiger partial charge in [0, 0.05) is 11.7 Å². The summed E-state index contributed by atoms with van der Waals surface area (Å²) >= 11 is 0. The number of sulfone groups is 1.